The Bertz CT molecular complexity index is 437. The fourth-order valence-electron chi connectivity index (χ4n) is 2.56. The van der Waals surface area contributed by atoms with Gasteiger partial charge in [0.15, 0.2) is 0 Å². The quantitative estimate of drug-likeness (QED) is 0.737. The monoisotopic (exact) mass is 275 g/mol. The van der Waals surface area contributed by atoms with Gasteiger partial charge in [0.05, 0.1) is 7.11 Å². The number of rotatable bonds is 8. The molecule has 0 aliphatic carbocycles. The van der Waals surface area contributed by atoms with E-state index in [1.807, 2.05) is 6.07 Å². The van der Waals surface area contributed by atoms with Crippen molar-refractivity contribution in [3.63, 3.8) is 0 Å². The fourth-order valence-corrected chi connectivity index (χ4v) is 2.56. The van der Waals surface area contributed by atoms with Crippen LogP contribution >= 0.6 is 0 Å². The topological polar surface area (TPSA) is 21.3 Å². The SMILES string of the molecule is C=C(NC(CCC)CC(C)C)c1ccc(OC)c(C)c1. The lowest BCUT2D eigenvalue weighted by molar-refractivity contribution is 0.411. The molecule has 1 aromatic rings. The average Bonchev–Trinajstić information content (AvgIpc) is 2.38. The first-order valence-corrected chi connectivity index (χ1v) is 7.58. The molecule has 1 N–H and O–H groups in total. The summed E-state index contributed by atoms with van der Waals surface area (Å²) in [5.74, 6) is 1.62. The van der Waals surface area contributed by atoms with Crippen LogP contribution in [-0.4, -0.2) is 13.2 Å². The minimum atomic E-state index is 0.509. The summed E-state index contributed by atoms with van der Waals surface area (Å²) in [6.07, 6.45) is 3.56. The molecular formula is C18H29NO. The minimum absolute atomic E-state index is 0.509. The van der Waals surface area contributed by atoms with E-state index in [2.05, 4.69) is 51.7 Å². The molecule has 0 aliphatic rings. The molecule has 2 nitrogen and oxygen atoms in total. The lowest BCUT2D eigenvalue weighted by Crippen LogP contribution is -2.28. The van der Waals surface area contributed by atoms with Gasteiger partial charge in [0.2, 0.25) is 0 Å². The average molecular weight is 275 g/mol. The van der Waals surface area contributed by atoms with Gasteiger partial charge in [0.1, 0.15) is 5.75 Å². The van der Waals surface area contributed by atoms with Crippen molar-refractivity contribution in [1.29, 1.82) is 0 Å². The van der Waals surface area contributed by atoms with Crippen LogP contribution in [-0.2, 0) is 0 Å². The largest absolute Gasteiger partial charge is 0.496 e. The molecule has 0 spiro atoms. The van der Waals surface area contributed by atoms with Gasteiger partial charge in [0.25, 0.3) is 0 Å². The van der Waals surface area contributed by atoms with E-state index in [0.717, 1.165) is 22.6 Å². The van der Waals surface area contributed by atoms with Gasteiger partial charge in [0, 0.05) is 11.7 Å². The Hall–Kier alpha value is -1.44. The third kappa shape index (κ3) is 4.92. The first-order valence-electron chi connectivity index (χ1n) is 7.58. The van der Waals surface area contributed by atoms with Gasteiger partial charge in [-0.3, -0.25) is 0 Å². The third-order valence-corrected chi connectivity index (χ3v) is 3.51. The highest BCUT2D eigenvalue weighted by Crippen LogP contribution is 2.22. The van der Waals surface area contributed by atoms with Crippen molar-refractivity contribution in [3.8, 4) is 5.75 Å². The molecule has 1 aromatic carbocycles. The highest BCUT2D eigenvalue weighted by molar-refractivity contribution is 5.63. The zero-order valence-electron chi connectivity index (χ0n) is 13.6. The highest BCUT2D eigenvalue weighted by Gasteiger charge is 2.12. The minimum Gasteiger partial charge on any atom is -0.496 e. The van der Waals surface area contributed by atoms with E-state index in [4.69, 9.17) is 4.74 Å². The summed E-state index contributed by atoms with van der Waals surface area (Å²) in [5.41, 5.74) is 3.30. The summed E-state index contributed by atoms with van der Waals surface area (Å²) in [5, 5.41) is 3.59. The molecule has 1 rings (SSSR count). The summed E-state index contributed by atoms with van der Waals surface area (Å²) in [6.45, 7) is 13.0. The number of methoxy groups -OCH3 is 1. The molecule has 0 saturated carbocycles. The maximum absolute atomic E-state index is 5.30. The van der Waals surface area contributed by atoms with Crippen molar-refractivity contribution in [2.24, 2.45) is 5.92 Å². The normalized spacial score (nSPS) is 12.3. The van der Waals surface area contributed by atoms with Gasteiger partial charge in [-0.2, -0.15) is 0 Å². The van der Waals surface area contributed by atoms with E-state index in [0.29, 0.717) is 12.0 Å². The van der Waals surface area contributed by atoms with E-state index in [-0.39, 0.29) is 0 Å². The number of aryl methyl sites for hydroxylation is 1. The van der Waals surface area contributed by atoms with Crippen molar-refractivity contribution in [2.75, 3.05) is 7.11 Å². The molecule has 20 heavy (non-hydrogen) atoms. The zero-order valence-corrected chi connectivity index (χ0v) is 13.6. The molecule has 0 radical (unpaired) electrons. The van der Waals surface area contributed by atoms with Crippen molar-refractivity contribution in [2.45, 2.75) is 53.0 Å². The van der Waals surface area contributed by atoms with Crippen LogP contribution < -0.4 is 10.1 Å². The summed E-state index contributed by atoms with van der Waals surface area (Å²) in [7, 11) is 1.70. The molecule has 0 fully saturated rings. The molecule has 0 bridgehead atoms. The Balaban J connectivity index is 2.75. The van der Waals surface area contributed by atoms with Crippen molar-refractivity contribution >= 4 is 5.70 Å². The van der Waals surface area contributed by atoms with Crippen molar-refractivity contribution < 1.29 is 4.74 Å². The number of ether oxygens (including phenoxy) is 1. The van der Waals surface area contributed by atoms with E-state index in [9.17, 15) is 0 Å². The predicted octanol–water partition coefficient (Wildman–Crippen LogP) is 4.78. The first kappa shape index (κ1) is 16.6. The molecule has 0 saturated heterocycles. The number of hydrogen-bond acceptors (Lipinski definition) is 2. The van der Waals surface area contributed by atoms with E-state index in [1.54, 1.807) is 7.11 Å². The molecule has 112 valence electrons. The second-order valence-electron chi connectivity index (χ2n) is 5.92. The van der Waals surface area contributed by atoms with Crippen LogP contribution in [0.4, 0.5) is 0 Å². The zero-order chi connectivity index (χ0) is 15.1. The third-order valence-electron chi connectivity index (χ3n) is 3.51. The van der Waals surface area contributed by atoms with Crippen molar-refractivity contribution in [1.82, 2.24) is 5.32 Å². The van der Waals surface area contributed by atoms with Crippen molar-refractivity contribution in [3.05, 3.63) is 35.9 Å². The predicted molar refractivity (Wildman–Crippen MR) is 88.1 cm³/mol. The molecule has 1 atom stereocenters. The Morgan fingerprint density at radius 1 is 1.35 bits per heavy atom. The highest BCUT2D eigenvalue weighted by atomic mass is 16.5. The second kappa shape index (κ2) is 7.98. The maximum atomic E-state index is 5.30. The summed E-state index contributed by atoms with van der Waals surface area (Å²) in [4.78, 5) is 0. The Morgan fingerprint density at radius 3 is 2.55 bits per heavy atom. The lowest BCUT2D eigenvalue weighted by atomic mass is 9.99. The molecule has 0 amide bonds. The molecule has 2 heteroatoms. The molecule has 0 aromatic heterocycles. The van der Waals surface area contributed by atoms with Gasteiger partial charge < -0.3 is 10.1 Å². The van der Waals surface area contributed by atoms with Gasteiger partial charge in [-0.15, -0.1) is 0 Å². The smallest absolute Gasteiger partial charge is 0.121 e. The van der Waals surface area contributed by atoms with E-state index in [1.165, 1.54) is 19.3 Å². The number of hydrogen-bond donors (Lipinski definition) is 1. The molecule has 0 aliphatic heterocycles. The van der Waals surface area contributed by atoms with Gasteiger partial charge in [-0.05, 0) is 55.0 Å². The number of benzene rings is 1. The van der Waals surface area contributed by atoms with Gasteiger partial charge in [-0.25, -0.2) is 0 Å². The van der Waals surface area contributed by atoms with Crippen LogP contribution in [0.25, 0.3) is 5.70 Å². The van der Waals surface area contributed by atoms with Crippen LogP contribution in [0.1, 0.15) is 51.2 Å². The Morgan fingerprint density at radius 2 is 2.05 bits per heavy atom. The summed E-state index contributed by atoms with van der Waals surface area (Å²) < 4.78 is 5.30. The molecular weight excluding hydrogens is 246 g/mol. The maximum Gasteiger partial charge on any atom is 0.121 e. The summed E-state index contributed by atoms with van der Waals surface area (Å²) >= 11 is 0. The Labute approximate surface area is 124 Å². The molecule has 0 heterocycles. The van der Waals surface area contributed by atoms with Crippen LogP contribution in [0.15, 0.2) is 24.8 Å². The van der Waals surface area contributed by atoms with E-state index < -0.39 is 0 Å². The Kier molecular flexibility index (Phi) is 6.63. The summed E-state index contributed by atoms with van der Waals surface area (Å²) in [6, 6.07) is 6.72. The standard InChI is InChI=1S/C18H29NO/c1-7-8-17(11-13(2)3)19-15(5)16-9-10-18(20-6)14(4)12-16/h9-10,12-13,17,19H,5,7-8,11H2,1-4,6H3. The van der Waals surface area contributed by atoms with Gasteiger partial charge >= 0.3 is 0 Å². The van der Waals surface area contributed by atoms with Crippen LogP contribution in [0.5, 0.6) is 5.75 Å². The molecule has 1 unspecified atom stereocenters. The number of nitrogens with one attached hydrogen (secondary N) is 1. The lowest BCUT2D eigenvalue weighted by Gasteiger charge is -2.23. The van der Waals surface area contributed by atoms with Crippen LogP contribution in [0, 0.1) is 12.8 Å². The fraction of sp³-hybridized carbons (Fsp3) is 0.556. The van der Waals surface area contributed by atoms with E-state index >= 15 is 0 Å². The van der Waals surface area contributed by atoms with Gasteiger partial charge in [-0.1, -0.05) is 33.8 Å². The second-order valence-corrected chi connectivity index (χ2v) is 5.92. The first-order chi connectivity index (χ1) is 9.47. The van der Waals surface area contributed by atoms with Crippen LogP contribution in [0.3, 0.4) is 0 Å². The van der Waals surface area contributed by atoms with Crippen LogP contribution in [0.2, 0.25) is 0 Å².